The van der Waals surface area contributed by atoms with Crippen molar-refractivity contribution in [3.63, 3.8) is 0 Å². The molecule has 2 nitrogen and oxygen atoms in total. The van der Waals surface area contributed by atoms with Crippen molar-refractivity contribution in [2.45, 2.75) is 83.3 Å². The van der Waals surface area contributed by atoms with Crippen LogP contribution in [-0.2, 0) is 4.74 Å². The Kier molecular flexibility index (Phi) is 5.50. The summed E-state index contributed by atoms with van der Waals surface area (Å²) in [6.45, 7) is 6.70. The van der Waals surface area contributed by atoms with E-state index in [4.69, 9.17) is 4.74 Å². The molecule has 2 fully saturated rings. The van der Waals surface area contributed by atoms with E-state index in [0.29, 0.717) is 6.10 Å². The van der Waals surface area contributed by atoms with E-state index in [-0.39, 0.29) is 5.60 Å². The fourth-order valence-electron chi connectivity index (χ4n) is 3.59. The average Bonchev–Trinajstić information content (AvgIpc) is 2.40. The summed E-state index contributed by atoms with van der Waals surface area (Å²) in [6, 6.07) is 0. The van der Waals surface area contributed by atoms with Gasteiger partial charge in [-0.05, 0) is 51.0 Å². The lowest BCUT2D eigenvalue weighted by atomic mass is 9.83. The van der Waals surface area contributed by atoms with Crippen LogP contribution in [0, 0.1) is 5.92 Å². The lowest BCUT2D eigenvalue weighted by Crippen LogP contribution is -2.47. The molecule has 2 saturated carbocycles. The lowest BCUT2D eigenvalue weighted by molar-refractivity contribution is -0.124. The highest BCUT2D eigenvalue weighted by Gasteiger charge is 2.35. The first-order valence-electron chi connectivity index (χ1n) is 8.13. The number of hydrogen-bond acceptors (Lipinski definition) is 2. The van der Waals surface area contributed by atoms with Crippen molar-refractivity contribution in [3.8, 4) is 0 Å². The van der Waals surface area contributed by atoms with Crippen LogP contribution in [0.15, 0.2) is 0 Å². The van der Waals surface area contributed by atoms with E-state index in [0.717, 1.165) is 19.0 Å². The van der Waals surface area contributed by atoms with Crippen molar-refractivity contribution in [2.75, 3.05) is 13.1 Å². The maximum Gasteiger partial charge on any atom is 0.0810 e. The van der Waals surface area contributed by atoms with E-state index in [9.17, 15) is 0 Å². The summed E-state index contributed by atoms with van der Waals surface area (Å²) in [5.41, 5.74) is 0.166. The maximum atomic E-state index is 6.61. The molecule has 2 rings (SSSR count). The fraction of sp³-hybridized carbons (Fsp3) is 1.00. The highest BCUT2D eigenvalue weighted by molar-refractivity contribution is 4.88. The highest BCUT2D eigenvalue weighted by Crippen LogP contribution is 2.36. The first kappa shape index (κ1) is 14.3. The highest BCUT2D eigenvalue weighted by atomic mass is 16.5. The summed E-state index contributed by atoms with van der Waals surface area (Å²) < 4.78 is 6.61. The van der Waals surface area contributed by atoms with Crippen molar-refractivity contribution in [1.29, 1.82) is 0 Å². The number of nitrogens with one attached hydrogen (secondary N) is 1. The van der Waals surface area contributed by atoms with E-state index in [1.54, 1.807) is 0 Å². The van der Waals surface area contributed by atoms with Gasteiger partial charge in [0.1, 0.15) is 0 Å². The molecule has 2 aliphatic carbocycles. The molecule has 0 amide bonds. The number of ether oxygens (including phenoxy) is 1. The molecule has 0 unspecified atom stereocenters. The molecule has 0 heterocycles. The Balaban J connectivity index is 1.87. The number of rotatable bonds is 5. The minimum absolute atomic E-state index is 0.166. The van der Waals surface area contributed by atoms with E-state index in [1.807, 2.05) is 0 Å². The predicted molar refractivity (Wildman–Crippen MR) is 76.9 cm³/mol. The Morgan fingerprint density at radius 1 is 1.06 bits per heavy atom. The van der Waals surface area contributed by atoms with Crippen LogP contribution in [0.4, 0.5) is 0 Å². The van der Waals surface area contributed by atoms with Crippen LogP contribution in [-0.4, -0.2) is 24.8 Å². The largest absolute Gasteiger partial charge is 0.370 e. The summed E-state index contributed by atoms with van der Waals surface area (Å²) in [5, 5.41) is 3.53. The second kappa shape index (κ2) is 6.91. The normalized spacial score (nSPS) is 32.3. The SMILES string of the molecule is CCNCC1(OC2CCC(C)CC2)CCCCC1. The van der Waals surface area contributed by atoms with Crippen molar-refractivity contribution in [3.05, 3.63) is 0 Å². The number of likely N-dealkylation sites (N-methyl/N-ethyl adjacent to an activating group) is 1. The van der Waals surface area contributed by atoms with Crippen LogP contribution in [0.1, 0.15) is 71.6 Å². The zero-order valence-electron chi connectivity index (χ0n) is 12.3. The van der Waals surface area contributed by atoms with Crippen molar-refractivity contribution >= 4 is 0 Å². The Morgan fingerprint density at radius 2 is 1.72 bits per heavy atom. The van der Waals surface area contributed by atoms with Gasteiger partial charge >= 0.3 is 0 Å². The van der Waals surface area contributed by atoms with Gasteiger partial charge in [-0.1, -0.05) is 33.1 Å². The molecule has 1 N–H and O–H groups in total. The molecule has 0 aromatic heterocycles. The first-order chi connectivity index (χ1) is 8.74. The van der Waals surface area contributed by atoms with Gasteiger partial charge < -0.3 is 10.1 Å². The van der Waals surface area contributed by atoms with Crippen molar-refractivity contribution in [2.24, 2.45) is 5.92 Å². The third-order valence-corrected chi connectivity index (χ3v) is 4.84. The van der Waals surface area contributed by atoms with Crippen LogP contribution in [0.25, 0.3) is 0 Å². The topological polar surface area (TPSA) is 21.3 Å². The molecule has 18 heavy (non-hydrogen) atoms. The predicted octanol–water partition coefficient (Wildman–Crippen LogP) is 3.89. The molecule has 0 saturated heterocycles. The summed E-state index contributed by atoms with van der Waals surface area (Å²) in [6.07, 6.45) is 12.5. The minimum atomic E-state index is 0.166. The summed E-state index contributed by atoms with van der Waals surface area (Å²) in [5.74, 6) is 0.918. The van der Waals surface area contributed by atoms with Crippen molar-refractivity contribution in [1.82, 2.24) is 5.32 Å². The van der Waals surface area contributed by atoms with Gasteiger partial charge in [0.15, 0.2) is 0 Å². The maximum absolute atomic E-state index is 6.61. The van der Waals surface area contributed by atoms with Gasteiger partial charge in [0.05, 0.1) is 11.7 Å². The van der Waals surface area contributed by atoms with Crippen molar-refractivity contribution < 1.29 is 4.74 Å². The molecule has 106 valence electrons. The second-order valence-electron chi connectivity index (χ2n) is 6.52. The van der Waals surface area contributed by atoms with Gasteiger partial charge in [-0.15, -0.1) is 0 Å². The van der Waals surface area contributed by atoms with Gasteiger partial charge in [-0.3, -0.25) is 0 Å². The molecule has 0 spiro atoms. The Hall–Kier alpha value is -0.0800. The van der Waals surface area contributed by atoms with E-state index in [2.05, 4.69) is 19.2 Å². The first-order valence-corrected chi connectivity index (χ1v) is 8.13. The summed E-state index contributed by atoms with van der Waals surface area (Å²) in [7, 11) is 0. The second-order valence-corrected chi connectivity index (χ2v) is 6.52. The summed E-state index contributed by atoms with van der Waals surface area (Å²) in [4.78, 5) is 0. The molecule has 0 atom stereocenters. The quantitative estimate of drug-likeness (QED) is 0.802. The van der Waals surface area contributed by atoms with Crippen LogP contribution in [0.2, 0.25) is 0 Å². The molecule has 2 heteroatoms. The molecule has 0 aromatic rings. The van der Waals surface area contributed by atoms with Crippen LogP contribution >= 0.6 is 0 Å². The molecule has 0 radical (unpaired) electrons. The molecular formula is C16H31NO. The zero-order valence-corrected chi connectivity index (χ0v) is 12.3. The summed E-state index contributed by atoms with van der Waals surface area (Å²) >= 11 is 0. The zero-order chi connectivity index (χ0) is 12.8. The van der Waals surface area contributed by atoms with Gasteiger partial charge in [0.25, 0.3) is 0 Å². The molecule has 2 aliphatic rings. The van der Waals surface area contributed by atoms with E-state index < -0.39 is 0 Å². The molecule has 0 aliphatic heterocycles. The fourth-order valence-corrected chi connectivity index (χ4v) is 3.59. The van der Waals surface area contributed by atoms with Gasteiger partial charge in [-0.2, -0.15) is 0 Å². The third-order valence-electron chi connectivity index (χ3n) is 4.84. The van der Waals surface area contributed by atoms with E-state index >= 15 is 0 Å². The van der Waals surface area contributed by atoms with Crippen LogP contribution in [0.3, 0.4) is 0 Å². The van der Waals surface area contributed by atoms with Gasteiger partial charge in [-0.25, -0.2) is 0 Å². The monoisotopic (exact) mass is 253 g/mol. The standard InChI is InChI=1S/C16H31NO/c1-3-17-13-16(11-5-4-6-12-16)18-15-9-7-14(2)8-10-15/h14-15,17H,3-13H2,1-2H3. The van der Waals surface area contributed by atoms with Crippen LogP contribution in [0.5, 0.6) is 0 Å². The van der Waals surface area contributed by atoms with Gasteiger partial charge in [0, 0.05) is 6.54 Å². The average molecular weight is 253 g/mol. The van der Waals surface area contributed by atoms with Gasteiger partial charge in [0.2, 0.25) is 0 Å². The smallest absolute Gasteiger partial charge is 0.0810 e. The Bertz CT molecular complexity index is 227. The Labute approximate surface area is 113 Å². The molecule has 0 aromatic carbocycles. The van der Waals surface area contributed by atoms with E-state index in [1.165, 1.54) is 57.8 Å². The lowest BCUT2D eigenvalue weighted by Gasteiger charge is -2.42. The molecule has 0 bridgehead atoms. The molecular weight excluding hydrogens is 222 g/mol. The third kappa shape index (κ3) is 3.96. The van der Waals surface area contributed by atoms with Crippen LogP contribution < -0.4 is 5.32 Å². The Morgan fingerprint density at radius 3 is 2.33 bits per heavy atom. The minimum Gasteiger partial charge on any atom is -0.370 e. The number of hydrogen-bond donors (Lipinski definition) is 1.